The van der Waals surface area contributed by atoms with Crippen molar-refractivity contribution >= 4 is 33.4 Å². The van der Waals surface area contributed by atoms with Gasteiger partial charge in [-0.25, -0.2) is 0 Å². The molecule has 0 radical (unpaired) electrons. The quantitative estimate of drug-likeness (QED) is 0.816. The number of anilines is 1. The molecule has 0 saturated heterocycles. The smallest absolute Gasteiger partial charge is 0.233 e. The summed E-state index contributed by atoms with van der Waals surface area (Å²) >= 11 is 3.33. The fraction of sp³-hybridized carbons (Fsp3) is 0.133. The molecular weight excluding hydrogens is 334 g/mol. The summed E-state index contributed by atoms with van der Waals surface area (Å²) in [6.45, 7) is 0.379. The van der Waals surface area contributed by atoms with E-state index in [4.69, 9.17) is 0 Å². The van der Waals surface area contributed by atoms with E-state index in [9.17, 15) is 9.59 Å². The number of pyridine rings is 1. The van der Waals surface area contributed by atoms with E-state index in [0.717, 1.165) is 10.0 Å². The summed E-state index contributed by atoms with van der Waals surface area (Å²) in [7, 11) is 0. The predicted molar refractivity (Wildman–Crippen MR) is 83.5 cm³/mol. The minimum Gasteiger partial charge on any atom is -0.352 e. The molecule has 21 heavy (non-hydrogen) atoms. The topological polar surface area (TPSA) is 71.1 Å². The monoisotopic (exact) mass is 347 g/mol. The van der Waals surface area contributed by atoms with E-state index in [-0.39, 0.29) is 18.2 Å². The number of aromatic nitrogens is 1. The maximum absolute atomic E-state index is 11.8. The fourth-order valence-electron chi connectivity index (χ4n) is 1.67. The summed E-state index contributed by atoms with van der Waals surface area (Å²) in [5.74, 6) is -0.675. The van der Waals surface area contributed by atoms with Crippen LogP contribution in [0.4, 0.5) is 5.69 Å². The molecule has 5 nitrogen and oxygen atoms in total. The Labute approximate surface area is 130 Å². The number of carbonyl (C=O) groups excluding carboxylic acids is 2. The van der Waals surface area contributed by atoms with Gasteiger partial charge in [0.25, 0.3) is 0 Å². The molecule has 0 aliphatic heterocycles. The zero-order chi connectivity index (χ0) is 15.1. The number of benzene rings is 1. The number of hydrogen-bond donors (Lipinski definition) is 2. The molecule has 0 unspecified atom stereocenters. The molecular formula is C15H14BrN3O2. The van der Waals surface area contributed by atoms with Gasteiger partial charge in [-0.15, -0.1) is 0 Å². The molecule has 2 aromatic rings. The second kappa shape index (κ2) is 7.54. The van der Waals surface area contributed by atoms with Crippen LogP contribution >= 0.6 is 15.9 Å². The molecule has 2 N–H and O–H groups in total. The first-order valence-electron chi connectivity index (χ1n) is 6.35. The lowest BCUT2D eigenvalue weighted by Crippen LogP contribution is -2.27. The fourth-order valence-corrected chi connectivity index (χ4v) is 2.05. The van der Waals surface area contributed by atoms with Gasteiger partial charge in [0.05, 0.1) is 5.69 Å². The summed E-state index contributed by atoms with van der Waals surface area (Å²) in [6.07, 6.45) is 3.09. The second-order valence-electron chi connectivity index (χ2n) is 4.34. The lowest BCUT2D eigenvalue weighted by molar-refractivity contribution is -0.126. The molecule has 0 aliphatic carbocycles. The van der Waals surface area contributed by atoms with Crippen molar-refractivity contribution in [2.24, 2.45) is 0 Å². The zero-order valence-electron chi connectivity index (χ0n) is 11.2. The van der Waals surface area contributed by atoms with Crippen molar-refractivity contribution in [2.45, 2.75) is 13.0 Å². The van der Waals surface area contributed by atoms with Gasteiger partial charge in [-0.1, -0.05) is 12.1 Å². The first-order chi connectivity index (χ1) is 10.1. The summed E-state index contributed by atoms with van der Waals surface area (Å²) in [6, 6.07) is 10.9. The number of para-hydroxylation sites is 1. The Kier molecular flexibility index (Phi) is 5.45. The predicted octanol–water partition coefficient (Wildman–Crippen LogP) is 2.49. The van der Waals surface area contributed by atoms with Crippen LogP contribution in [0.1, 0.15) is 12.0 Å². The molecule has 1 aromatic carbocycles. The highest BCUT2D eigenvalue weighted by Crippen LogP contribution is 2.21. The van der Waals surface area contributed by atoms with Crippen LogP contribution in [0.15, 0.2) is 53.3 Å². The molecule has 0 saturated carbocycles. The van der Waals surface area contributed by atoms with E-state index >= 15 is 0 Å². The van der Waals surface area contributed by atoms with Crippen LogP contribution in [0.5, 0.6) is 0 Å². The number of amides is 2. The summed E-state index contributed by atoms with van der Waals surface area (Å²) in [5, 5.41) is 5.37. The number of hydrogen-bond acceptors (Lipinski definition) is 3. The van der Waals surface area contributed by atoms with Gasteiger partial charge in [-0.3, -0.25) is 14.6 Å². The van der Waals surface area contributed by atoms with E-state index in [1.165, 1.54) is 0 Å². The van der Waals surface area contributed by atoms with Crippen molar-refractivity contribution in [3.63, 3.8) is 0 Å². The summed E-state index contributed by atoms with van der Waals surface area (Å²) in [4.78, 5) is 27.4. The van der Waals surface area contributed by atoms with Crippen molar-refractivity contribution in [3.8, 4) is 0 Å². The molecule has 6 heteroatoms. The Morgan fingerprint density at radius 2 is 1.76 bits per heavy atom. The number of halogens is 1. The molecule has 0 atom stereocenters. The molecule has 1 heterocycles. The van der Waals surface area contributed by atoms with Gasteiger partial charge < -0.3 is 10.6 Å². The minimum atomic E-state index is -0.353. The van der Waals surface area contributed by atoms with Gasteiger partial charge in [0.2, 0.25) is 11.8 Å². The van der Waals surface area contributed by atoms with Crippen LogP contribution in [0.2, 0.25) is 0 Å². The molecule has 2 amide bonds. The van der Waals surface area contributed by atoms with Crippen LogP contribution in [-0.2, 0) is 16.1 Å². The highest BCUT2D eigenvalue weighted by molar-refractivity contribution is 9.10. The van der Waals surface area contributed by atoms with Crippen molar-refractivity contribution in [2.75, 3.05) is 5.32 Å². The lowest BCUT2D eigenvalue weighted by atomic mass is 10.2. The standard InChI is InChI=1S/C15H14BrN3O2/c16-12-3-1-2-4-13(12)19-15(21)9-14(20)18-10-11-5-7-17-8-6-11/h1-8H,9-10H2,(H,18,20)(H,19,21). The lowest BCUT2D eigenvalue weighted by Gasteiger charge is -2.08. The van der Waals surface area contributed by atoms with Gasteiger partial charge in [-0.2, -0.15) is 0 Å². The van der Waals surface area contributed by atoms with Crippen LogP contribution in [0.25, 0.3) is 0 Å². The highest BCUT2D eigenvalue weighted by Gasteiger charge is 2.10. The summed E-state index contributed by atoms with van der Waals surface area (Å²) < 4.78 is 0.774. The summed E-state index contributed by atoms with van der Waals surface area (Å²) in [5.41, 5.74) is 1.58. The third-order valence-corrected chi connectivity index (χ3v) is 3.40. The maximum atomic E-state index is 11.8. The zero-order valence-corrected chi connectivity index (χ0v) is 12.8. The van der Waals surface area contributed by atoms with Crippen LogP contribution in [0.3, 0.4) is 0 Å². The Bertz CT molecular complexity index is 632. The number of nitrogens with one attached hydrogen (secondary N) is 2. The highest BCUT2D eigenvalue weighted by atomic mass is 79.9. The first-order valence-corrected chi connectivity index (χ1v) is 7.14. The molecule has 0 aliphatic rings. The second-order valence-corrected chi connectivity index (χ2v) is 5.19. The third kappa shape index (κ3) is 5.00. The third-order valence-electron chi connectivity index (χ3n) is 2.71. The van der Waals surface area contributed by atoms with Crippen molar-refractivity contribution < 1.29 is 9.59 Å². The maximum Gasteiger partial charge on any atom is 0.233 e. The van der Waals surface area contributed by atoms with E-state index < -0.39 is 0 Å². The van der Waals surface area contributed by atoms with Gasteiger partial charge in [0.15, 0.2) is 0 Å². The number of carbonyl (C=O) groups is 2. The van der Waals surface area contributed by atoms with Crippen LogP contribution < -0.4 is 10.6 Å². The van der Waals surface area contributed by atoms with E-state index in [2.05, 4.69) is 31.5 Å². The van der Waals surface area contributed by atoms with E-state index in [1.54, 1.807) is 30.6 Å². The number of nitrogens with zero attached hydrogens (tertiary/aromatic N) is 1. The van der Waals surface area contributed by atoms with Crippen LogP contribution in [0, 0.1) is 0 Å². The first kappa shape index (κ1) is 15.2. The van der Waals surface area contributed by atoms with E-state index in [0.29, 0.717) is 12.2 Å². The van der Waals surface area contributed by atoms with Gasteiger partial charge in [-0.05, 0) is 45.8 Å². The average Bonchev–Trinajstić information content (AvgIpc) is 2.48. The van der Waals surface area contributed by atoms with Crippen molar-refractivity contribution in [1.82, 2.24) is 10.3 Å². The van der Waals surface area contributed by atoms with E-state index in [1.807, 2.05) is 18.2 Å². The van der Waals surface area contributed by atoms with Crippen molar-refractivity contribution in [3.05, 3.63) is 58.8 Å². The Hall–Kier alpha value is -2.21. The normalized spacial score (nSPS) is 9.95. The van der Waals surface area contributed by atoms with Crippen molar-refractivity contribution in [1.29, 1.82) is 0 Å². The molecule has 1 aromatic heterocycles. The van der Waals surface area contributed by atoms with Gasteiger partial charge in [0.1, 0.15) is 6.42 Å². The van der Waals surface area contributed by atoms with Gasteiger partial charge in [0, 0.05) is 23.4 Å². The molecule has 108 valence electrons. The average molecular weight is 348 g/mol. The Balaban J connectivity index is 1.80. The SMILES string of the molecule is O=C(CC(=O)Nc1ccccc1Br)NCc1ccncc1. The largest absolute Gasteiger partial charge is 0.352 e. The van der Waals surface area contributed by atoms with Crippen LogP contribution in [-0.4, -0.2) is 16.8 Å². The molecule has 0 bridgehead atoms. The Morgan fingerprint density at radius 3 is 2.48 bits per heavy atom. The molecule has 2 rings (SSSR count). The number of rotatable bonds is 5. The minimum absolute atomic E-state index is 0.216. The Morgan fingerprint density at radius 1 is 1.05 bits per heavy atom. The van der Waals surface area contributed by atoms with Gasteiger partial charge >= 0.3 is 0 Å². The molecule has 0 fully saturated rings. The molecule has 0 spiro atoms.